The van der Waals surface area contributed by atoms with Crippen molar-refractivity contribution >= 4 is 11.8 Å². The third-order valence-corrected chi connectivity index (χ3v) is 3.15. The SMILES string of the molecule is NC(CCCCCCC(=O)c1ccc(F)cc1)C(=O)O. The monoisotopic (exact) mass is 281 g/mol. The van der Waals surface area contributed by atoms with Crippen LogP contribution in [-0.4, -0.2) is 22.9 Å². The maximum absolute atomic E-state index is 12.7. The van der Waals surface area contributed by atoms with Gasteiger partial charge in [0.05, 0.1) is 0 Å². The number of carboxylic acids is 1. The summed E-state index contributed by atoms with van der Waals surface area (Å²) in [5.74, 6) is -1.32. The van der Waals surface area contributed by atoms with Gasteiger partial charge in [-0.3, -0.25) is 9.59 Å². The number of nitrogens with two attached hydrogens (primary N) is 1. The van der Waals surface area contributed by atoms with Gasteiger partial charge < -0.3 is 10.8 Å². The number of carbonyl (C=O) groups is 2. The van der Waals surface area contributed by atoms with Crippen molar-refractivity contribution in [2.75, 3.05) is 0 Å². The topological polar surface area (TPSA) is 80.4 Å². The summed E-state index contributed by atoms with van der Waals surface area (Å²) in [6, 6.07) is 4.74. The molecule has 0 aliphatic heterocycles. The van der Waals surface area contributed by atoms with Crippen LogP contribution in [0.3, 0.4) is 0 Å². The number of Topliss-reactive ketones (excluding diaryl/α,β-unsaturated/α-hetero) is 1. The van der Waals surface area contributed by atoms with Gasteiger partial charge in [0, 0.05) is 12.0 Å². The molecule has 0 aliphatic carbocycles. The number of rotatable bonds is 9. The Morgan fingerprint density at radius 1 is 1.10 bits per heavy atom. The van der Waals surface area contributed by atoms with Crippen molar-refractivity contribution in [3.8, 4) is 0 Å². The van der Waals surface area contributed by atoms with Crippen LogP contribution in [0.5, 0.6) is 0 Å². The molecule has 0 heterocycles. The Hall–Kier alpha value is -1.75. The summed E-state index contributed by atoms with van der Waals surface area (Å²) in [4.78, 5) is 22.3. The van der Waals surface area contributed by atoms with Crippen molar-refractivity contribution in [2.45, 2.75) is 44.6 Å². The molecule has 20 heavy (non-hydrogen) atoms. The van der Waals surface area contributed by atoms with Crippen molar-refractivity contribution < 1.29 is 19.1 Å². The van der Waals surface area contributed by atoms with Gasteiger partial charge in [0.25, 0.3) is 0 Å². The first-order valence-corrected chi connectivity index (χ1v) is 6.78. The number of benzene rings is 1. The van der Waals surface area contributed by atoms with Gasteiger partial charge in [-0.2, -0.15) is 0 Å². The molecule has 1 unspecified atom stereocenters. The highest BCUT2D eigenvalue weighted by molar-refractivity contribution is 5.95. The van der Waals surface area contributed by atoms with E-state index >= 15 is 0 Å². The van der Waals surface area contributed by atoms with Gasteiger partial charge in [-0.25, -0.2) is 4.39 Å². The first kappa shape index (κ1) is 16.3. The Labute approximate surface area is 117 Å². The molecule has 3 N–H and O–H groups in total. The molecule has 0 spiro atoms. The predicted molar refractivity (Wildman–Crippen MR) is 74.0 cm³/mol. The minimum atomic E-state index is -0.975. The average molecular weight is 281 g/mol. The molecule has 0 fully saturated rings. The first-order valence-electron chi connectivity index (χ1n) is 6.78. The molecule has 0 radical (unpaired) electrons. The highest BCUT2D eigenvalue weighted by Crippen LogP contribution is 2.11. The summed E-state index contributed by atoms with van der Waals surface area (Å²) in [6.45, 7) is 0. The van der Waals surface area contributed by atoms with Gasteiger partial charge in [0.15, 0.2) is 5.78 Å². The van der Waals surface area contributed by atoms with Gasteiger partial charge in [0.2, 0.25) is 0 Å². The molecule has 0 amide bonds. The van der Waals surface area contributed by atoms with E-state index in [1.54, 1.807) is 0 Å². The van der Waals surface area contributed by atoms with E-state index in [9.17, 15) is 14.0 Å². The quantitative estimate of drug-likeness (QED) is 0.538. The van der Waals surface area contributed by atoms with E-state index in [2.05, 4.69) is 0 Å². The van der Waals surface area contributed by atoms with Crippen LogP contribution < -0.4 is 5.73 Å². The van der Waals surface area contributed by atoms with Gasteiger partial charge >= 0.3 is 5.97 Å². The Kier molecular flexibility index (Phi) is 6.87. The fourth-order valence-corrected chi connectivity index (χ4v) is 1.91. The second-order valence-corrected chi connectivity index (χ2v) is 4.83. The van der Waals surface area contributed by atoms with E-state index in [1.807, 2.05) is 0 Å². The lowest BCUT2D eigenvalue weighted by Gasteiger charge is -2.05. The molecule has 0 bridgehead atoms. The third kappa shape index (κ3) is 5.93. The van der Waals surface area contributed by atoms with Crippen LogP contribution in [0.15, 0.2) is 24.3 Å². The maximum Gasteiger partial charge on any atom is 0.320 e. The molecule has 5 heteroatoms. The number of unbranched alkanes of at least 4 members (excludes halogenated alkanes) is 3. The summed E-state index contributed by atoms with van der Waals surface area (Å²) in [6.07, 6.45) is 4.10. The number of hydrogen-bond acceptors (Lipinski definition) is 3. The van der Waals surface area contributed by atoms with E-state index in [1.165, 1.54) is 24.3 Å². The number of hydrogen-bond donors (Lipinski definition) is 2. The van der Waals surface area contributed by atoms with E-state index in [-0.39, 0.29) is 11.6 Å². The van der Waals surface area contributed by atoms with Crippen LogP contribution in [0.4, 0.5) is 4.39 Å². The zero-order valence-electron chi connectivity index (χ0n) is 11.3. The molecule has 1 aromatic carbocycles. The highest BCUT2D eigenvalue weighted by Gasteiger charge is 2.10. The fraction of sp³-hybridized carbons (Fsp3) is 0.467. The van der Waals surface area contributed by atoms with E-state index in [0.29, 0.717) is 18.4 Å². The Morgan fingerprint density at radius 2 is 1.70 bits per heavy atom. The number of ketones is 1. The highest BCUT2D eigenvalue weighted by atomic mass is 19.1. The second kappa shape index (κ2) is 8.43. The molecule has 110 valence electrons. The standard InChI is InChI=1S/C15H20FNO3/c16-12-9-7-11(8-10-12)14(18)6-4-2-1-3-5-13(17)15(19)20/h7-10,13H,1-6,17H2,(H,19,20). The summed E-state index contributed by atoms with van der Waals surface area (Å²) in [5.41, 5.74) is 5.91. The van der Waals surface area contributed by atoms with Gasteiger partial charge in [-0.05, 0) is 37.1 Å². The van der Waals surface area contributed by atoms with Crippen molar-refractivity contribution in [1.82, 2.24) is 0 Å². The zero-order valence-corrected chi connectivity index (χ0v) is 11.3. The van der Waals surface area contributed by atoms with Gasteiger partial charge in [-0.15, -0.1) is 0 Å². The van der Waals surface area contributed by atoms with E-state index in [0.717, 1.165) is 25.7 Å². The third-order valence-electron chi connectivity index (χ3n) is 3.15. The van der Waals surface area contributed by atoms with Crippen LogP contribution >= 0.6 is 0 Å². The van der Waals surface area contributed by atoms with Gasteiger partial charge in [0.1, 0.15) is 11.9 Å². The minimum Gasteiger partial charge on any atom is -0.480 e. The summed E-state index contributed by atoms with van der Waals surface area (Å²) in [5, 5.41) is 8.61. The molecule has 1 atom stereocenters. The fourth-order valence-electron chi connectivity index (χ4n) is 1.91. The van der Waals surface area contributed by atoms with Crippen LogP contribution in [0.2, 0.25) is 0 Å². The lowest BCUT2D eigenvalue weighted by molar-refractivity contribution is -0.138. The Morgan fingerprint density at radius 3 is 2.30 bits per heavy atom. The molecule has 1 aromatic rings. The molecule has 0 aliphatic rings. The van der Waals surface area contributed by atoms with Crippen molar-refractivity contribution in [3.63, 3.8) is 0 Å². The van der Waals surface area contributed by atoms with E-state index in [4.69, 9.17) is 10.8 Å². The number of carboxylic acid groups (broad SMARTS) is 1. The van der Waals surface area contributed by atoms with Crippen molar-refractivity contribution in [3.05, 3.63) is 35.6 Å². The Bertz CT molecular complexity index is 445. The number of aliphatic carboxylic acids is 1. The molecular weight excluding hydrogens is 261 g/mol. The largest absolute Gasteiger partial charge is 0.480 e. The van der Waals surface area contributed by atoms with Crippen LogP contribution in [0.1, 0.15) is 48.9 Å². The van der Waals surface area contributed by atoms with Crippen molar-refractivity contribution in [2.24, 2.45) is 5.73 Å². The van der Waals surface area contributed by atoms with Crippen LogP contribution in [0.25, 0.3) is 0 Å². The van der Waals surface area contributed by atoms with Crippen LogP contribution in [-0.2, 0) is 4.79 Å². The molecule has 0 aromatic heterocycles. The van der Waals surface area contributed by atoms with Gasteiger partial charge in [-0.1, -0.05) is 19.3 Å². The first-order chi connectivity index (χ1) is 9.50. The number of halogens is 1. The molecule has 4 nitrogen and oxygen atoms in total. The average Bonchev–Trinajstić information content (AvgIpc) is 2.42. The summed E-state index contributed by atoms with van der Waals surface area (Å²) in [7, 11) is 0. The predicted octanol–water partition coefficient (Wildman–Crippen LogP) is 2.76. The zero-order chi connectivity index (χ0) is 15.0. The smallest absolute Gasteiger partial charge is 0.320 e. The summed E-state index contributed by atoms with van der Waals surface area (Å²) >= 11 is 0. The second-order valence-electron chi connectivity index (χ2n) is 4.83. The van der Waals surface area contributed by atoms with E-state index < -0.39 is 12.0 Å². The Balaban J connectivity index is 2.14. The molecule has 1 rings (SSSR count). The molecule has 0 saturated heterocycles. The normalized spacial score (nSPS) is 12.1. The lowest BCUT2D eigenvalue weighted by atomic mass is 10.0. The summed E-state index contributed by atoms with van der Waals surface area (Å²) < 4.78 is 12.7. The maximum atomic E-state index is 12.7. The van der Waals surface area contributed by atoms with Crippen LogP contribution in [0, 0.1) is 5.82 Å². The molecular formula is C15H20FNO3. The lowest BCUT2D eigenvalue weighted by Crippen LogP contribution is -2.29. The molecule has 0 saturated carbocycles. The minimum absolute atomic E-state index is 0.00670. The number of carbonyl (C=O) groups excluding carboxylic acids is 1. The van der Waals surface area contributed by atoms with Crippen molar-refractivity contribution in [1.29, 1.82) is 0 Å².